The monoisotopic (exact) mass is 482 g/mol. The van der Waals surface area contributed by atoms with Crippen molar-refractivity contribution in [3.63, 3.8) is 0 Å². The molecule has 33 heavy (non-hydrogen) atoms. The van der Waals surface area contributed by atoms with Crippen molar-refractivity contribution in [1.82, 2.24) is 20.1 Å². The van der Waals surface area contributed by atoms with Crippen molar-refractivity contribution in [1.29, 1.82) is 0 Å². The Hall–Kier alpha value is -2.45. The van der Waals surface area contributed by atoms with Crippen LogP contribution in [0.1, 0.15) is 30.0 Å². The Bertz CT molecular complexity index is 1070. The number of pyridine rings is 1. The maximum absolute atomic E-state index is 6.38. The molecule has 0 amide bonds. The summed E-state index contributed by atoms with van der Waals surface area (Å²) in [5, 5.41) is 4.94. The van der Waals surface area contributed by atoms with Gasteiger partial charge in [0.1, 0.15) is 17.6 Å². The van der Waals surface area contributed by atoms with E-state index in [-0.39, 0.29) is 12.1 Å². The molecule has 0 bridgehead atoms. The van der Waals surface area contributed by atoms with Gasteiger partial charge in [-0.1, -0.05) is 17.7 Å². The summed E-state index contributed by atoms with van der Waals surface area (Å²) >= 11 is 11.8. The molecule has 1 N–H and O–H groups in total. The highest BCUT2D eigenvalue weighted by atomic mass is 35.5. The van der Waals surface area contributed by atoms with E-state index in [9.17, 15) is 0 Å². The number of thiocarbonyl (C=S) groups is 1. The molecule has 2 saturated heterocycles. The Balaban J connectivity index is 1.39. The molecule has 0 radical (unpaired) electrons. The van der Waals surface area contributed by atoms with E-state index in [0.29, 0.717) is 5.02 Å². The second-order valence-corrected chi connectivity index (χ2v) is 9.16. The molecule has 0 saturated carbocycles. The first-order valence-electron chi connectivity index (χ1n) is 11.3. The molecule has 2 aromatic heterocycles. The zero-order chi connectivity index (χ0) is 22.6. The largest absolute Gasteiger partial charge is 0.459 e. The van der Waals surface area contributed by atoms with Gasteiger partial charge >= 0.3 is 0 Å². The van der Waals surface area contributed by atoms with Crippen LogP contribution < -0.4 is 5.32 Å². The molecule has 6 nitrogen and oxygen atoms in total. The molecule has 3 aromatic rings. The Morgan fingerprint density at radius 2 is 1.85 bits per heavy atom. The average Bonchev–Trinajstić information content (AvgIpc) is 3.46. The molecule has 8 heteroatoms. The molecular formula is C25H27ClN4O2S. The van der Waals surface area contributed by atoms with Crippen LogP contribution in [0.5, 0.6) is 0 Å². The third kappa shape index (κ3) is 5.06. The molecule has 5 rings (SSSR count). The number of nitrogens with zero attached hydrogens (tertiary/aromatic N) is 3. The van der Waals surface area contributed by atoms with Crippen molar-refractivity contribution in [3.05, 3.63) is 77.3 Å². The Morgan fingerprint density at radius 1 is 1.03 bits per heavy atom. The number of morpholine rings is 1. The van der Waals surface area contributed by atoms with Gasteiger partial charge in [-0.3, -0.25) is 9.88 Å². The van der Waals surface area contributed by atoms with E-state index < -0.39 is 0 Å². The van der Waals surface area contributed by atoms with E-state index in [1.54, 1.807) is 0 Å². The second kappa shape index (κ2) is 10.2. The van der Waals surface area contributed by atoms with Crippen molar-refractivity contribution in [2.24, 2.45) is 0 Å². The molecule has 2 aliphatic heterocycles. The molecule has 1 aromatic carbocycles. The molecule has 2 aliphatic rings. The highest BCUT2D eigenvalue weighted by Gasteiger charge is 2.41. The van der Waals surface area contributed by atoms with E-state index >= 15 is 0 Å². The summed E-state index contributed by atoms with van der Waals surface area (Å²) < 4.78 is 11.9. The topological polar surface area (TPSA) is 53.8 Å². The molecule has 2 atom stereocenters. The molecule has 4 heterocycles. The number of nitrogens with one attached hydrogen (secondary N) is 1. The van der Waals surface area contributed by atoms with Gasteiger partial charge in [-0.15, -0.1) is 0 Å². The number of hydrogen-bond acceptors (Lipinski definition) is 5. The van der Waals surface area contributed by atoms with Gasteiger partial charge in [-0.2, -0.15) is 0 Å². The summed E-state index contributed by atoms with van der Waals surface area (Å²) in [5.74, 6) is 1.68. The Labute approximate surface area is 204 Å². The van der Waals surface area contributed by atoms with Crippen LogP contribution in [0.3, 0.4) is 0 Å². The maximum Gasteiger partial charge on any atom is 0.170 e. The maximum atomic E-state index is 6.38. The number of benzene rings is 1. The lowest BCUT2D eigenvalue weighted by atomic mass is 10.0. The van der Waals surface area contributed by atoms with Crippen LogP contribution in [0.15, 0.2) is 65.2 Å². The van der Waals surface area contributed by atoms with E-state index in [1.165, 1.54) is 0 Å². The molecular weight excluding hydrogens is 456 g/mol. The fraction of sp³-hybridized carbons (Fsp3) is 0.360. The SMILES string of the molecule is S=C1N[C@@H](c2ccccn2)[C@H](c2ccc(-c3ccc(Cl)cc3)o2)N1CCCN1CCOCC1. The van der Waals surface area contributed by atoms with Crippen molar-refractivity contribution in [3.8, 4) is 11.3 Å². The van der Waals surface area contributed by atoms with E-state index in [1.807, 2.05) is 54.7 Å². The van der Waals surface area contributed by atoms with Gasteiger partial charge in [-0.05, 0) is 67.2 Å². The van der Waals surface area contributed by atoms with Crippen molar-refractivity contribution in [2.45, 2.75) is 18.5 Å². The van der Waals surface area contributed by atoms with Crippen LogP contribution in [-0.2, 0) is 4.74 Å². The van der Waals surface area contributed by atoms with Crippen LogP contribution in [0, 0.1) is 0 Å². The molecule has 0 aliphatic carbocycles. The minimum atomic E-state index is -0.0775. The second-order valence-electron chi connectivity index (χ2n) is 8.34. The molecule has 0 spiro atoms. The fourth-order valence-corrected chi connectivity index (χ4v) is 4.98. The minimum Gasteiger partial charge on any atom is -0.459 e. The predicted octanol–water partition coefficient (Wildman–Crippen LogP) is 4.69. The molecule has 0 unspecified atom stereocenters. The quantitative estimate of drug-likeness (QED) is 0.490. The first-order chi connectivity index (χ1) is 16.2. The Kier molecular flexibility index (Phi) is 6.92. The van der Waals surface area contributed by atoms with Gasteiger partial charge in [-0.25, -0.2) is 0 Å². The van der Waals surface area contributed by atoms with Crippen LogP contribution in [-0.4, -0.2) is 59.3 Å². The number of rotatable bonds is 7. The summed E-state index contributed by atoms with van der Waals surface area (Å²) in [7, 11) is 0. The molecule has 172 valence electrons. The number of ether oxygens (including phenoxy) is 1. The van der Waals surface area contributed by atoms with Gasteiger partial charge in [0.25, 0.3) is 0 Å². The lowest BCUT2D eigenvalue weighted by Crippen LogP contribution is -2.38. The predicted molar refractivity (Wildman–Crippen MR) is 133 cm³/mol. The minimum absolute atomic E-state index is 0.0712. The zero-order valence-corrected chi connectivity index (χ0v) is 19.9. The Morgan fingerprint density at radius 3 is 2.61 bits per heavy atom. The van der Waals surface area contributed by atoms with Gasteiger partial charge in [0.2, 0.25) is 0 Å². The van der Waals surface area contributed by atoms with Crippen LogP contribution >= 0.6 is 23.8 Å². The number of hydrogen-bond donors (Lipinski definition) is 1. The highest BCUT2D eigenvalue weighted by molar-refractivity contribution is 7.80. The zero-order valence-electron chi connectivity index (χ0n) is 18.3. The van der Waals surface area contributed by atoms with Crippen LogP contribution in [0.25, 0.3) is 11.3 Å². The summed E-state index contributed by atoms with van der Waals surface area (Å²) in [4.78, 5) is 9.31. The van der Waals surface area contributed by atoms with Crippen LogP contribution in [0.4, 0.5) is 0 Å². The van der Waals surface area contributed by atoms with Crippen molar-refractivity contribution < 1.29 is 9.15 Å². The van der Waals surface area contributed by atoms with Gasteiger partial charge in [0.05, 0.1) is 24.9 Å². The lowest BCUT2D eigenvalue weighted by Gasteiger charge is -2.29. The standard InChI is InChI=1S/C25H27ClN4O2S/c26-19-7-5-18(6-8-19)21-9-10-22(32-21)24-23(20-4-1-2-11-27-20)28-25(33)30(24)13-3-12-29-14-16-31-17-15-29/h1-2,4-11,23-24H,3,12-17H2,(H,28,33)/t23-,24-/m0/s1. The third-order valence-electron chi connectivity index (χ3n) is 6.22. The van der Waals surface area contributed by atoms with Gasteiger partial charge < -0.3 is 19.4 Å². The van der Waals surface area contributed by atoms with Crippen molar-refractivity contribution >= 4 is 28.9 Å². The number of furan rings is 1. The van der Waals surface area contributed by atoms with E-state index in [0.717, 1.165) is 73.7 Å². The normalized spacial score (nSPS) is 21.4. The first kappa shape index (κ1) is 22.3. The number of aromatic nitrogens is 1. The van der Waals surface area contributed by atoms with E-state index in [2.05, 4.69) is 26.2 Å². The third-order valence-corrected chi connectivity index (χ3v) is 6.83. The van der Waals surface area contributed by atoms with E-state index in [4.69, 9.17) is 33.0 Å². The summed E-state index contributed by atoms with van der Waals surface area (Å²) in [6.07, 6.45) is 2.83. The lowest BCUT2D eigenvalue weighted by molar-refractivity contribution is 0.0365. The fourth-order valence-electron chi connectivity index (χ4n) is 4.53. The average molecular weight is 483 g/mol. The van der Waals surface area contributed by atoms with Gasteiger partial charge in [0.15, 0.2) is 5.11 Å². The van der Waals surface area contributed by atoms with Crippen molar-refractivity contribution in [2.75, 3.05) is 39.4 Å². The summed E-state index contributed by atoms with van der Waals surface area (Å²) in [6, 6.07) is 17.6. The first-order valence-corrected chi connectivity index (χ1v) is 12.1. The smallest absolute Gasteiger partial charge is 0.170 e. The van der Waals surface area contributed by atoms with Gasteiger partial charge in [0, 0.05) is 43.0 Å². The van der Waals surface area contributed by atoms with Crippen LogP contribution in [0.2, 0.25) is 5.02 Å². The number of halogens is 1. The summed E-state index contributed by atoms with van der Waals surface area (Å²) in [6.45, 7) is 5.48. The molecule has 2 fully saturated rings. The highest BCUT2D eigenvalue weighted by Crippen LogP contribution is 2.40. The summed E-state index contributed by atoms with van der Waals surface area (Å²) in [5.41, 5.74) is 1.94.